The molecule has 2 N–H and O–H groups in total. The summed E-state index contributed by atoms with van der Waals surface area (Å²) in [6.07, 6.45) is 0. The molecule has 0 unspecified atom stereocenters. The molecule has 8 heteroatoms. The predicted molar refractivity (Wildman–Crippen MR) is 118 cm³/mol. The third kappa shape index (κ3) is 6.09. The molecule has 0 saturated carbocycles. The number of nitrogens with zero attached hydrogens (tertiary/aromatic N) is 1. The number of halogens is 1. The molecule has 0 bridgehead atoms. The van der Waals surface area contributed by atoms with E-state index in [1.807, 2.05) is 36.4 Å². The summed E-state index contributed by atoms with van der Waals surface area (Å²) in [5.74, 6) is 3.34. The molecule has 2 aromatic rings. The Kier molecular flexibility index (Phi) is 9.55. The van der Waals surface area contributed by atoms with E-state index in [9.17, 15) is 0 Å². The number of guanidine groups is 1. The average molecular weight is 487 g/mol. The van der Waals surface area contributed by atoms with E-state index >= 15 is 0 Å². The standard InChI is InChI=1S/C19H25N3O4.HI/c1-20-19(22-14-7-9-16(24-3)18(11-14)26-5)21-12-13-6-8-15(23-2)17(10-13)25-4;/h6-11H,12H2,1-5H3,(H2,20,21,22);1H. The Morgan fingerprint density at radius 2 is 1.37 bits per heavy atom. The summed E-state index contributed by atoms with van der Waals surface area (Å²) in [6.45, 7) is 0.577. The van der Waals surface area contributed by atoms with Crippen molar-refractivity contribution in [2.45, 2.75) is 6.54 Å². The fourth-order valence-electron chi connectivity index (χ4n) is 2.41. The molecule has 0 aliphatic rings. The number of aliphatic imine (C=N–C) groups is 1. The summed E-state index contributed by atoms with van der Waals surface area (Å²) < 4.78 is 21.1. The van der Waals surface area contributed by atoms with Crippen LogP contribution in [0.5, 0.6) is 23.0 Å². The fraction of sp³-hybridized carbons (Fsp3) is 0.316. The van der Waals surface area contributed by atoms with Crippen LogP contribution in [0.2, 0.25) is 0 Å². The second-order valence-electron chi connectivity index (χ2n) is 5.31. The lowest BCUT2D eigenvalue weighted by Gasteiger charge is -2.15. The van der Waals surface area contributed by atoms with Crippen LogP contribution >= 0.6 is 24.0 Å². The molecular weight excluding hydrogens is 461 g/mol. The first-order chi connectivity index (χ1) is 12.6. The Morgan fingerprint density at radius 3 is 1.93 bits per heavy atom. The van der Waals surface area contributed by atoms with E-state index in [-0.39, 0.29) is 24.0 Å². The van der Waals surface area contributed by atoms with Gasteiger partial charge >= 0.3 is 0 Å². The fourth-order valence-corrected chi connectivity index (χ4v) is 2.41. The Balaban J connectivity index is 0.00000364. The van der Waals surface area contributed by atoms with E-state index < -0.39 is 0 Å². The summed E-state index contributed by atoms with van der Waals surface area (Å²) >= 11 is 0. The highest BCUT2D eigenvalue weighted by Gasteiger charge is 2.08. The van der Waals surface area contributed by atoms with Gasteiger partial charge in [0.2, 0.25) is 0 Å². The molecule has 0 amide bonds. The molecular formula is C19H26IN3O4. The minimum atomic E-state index is 0. The molecule has 2 aromatic carbocycles. The molecule has 7 nitrogen and oxygen atoms in total. The van der Waals surface area contributed by atoms with Crippen LogP contribution in [0.15, 0.2) is 41.4 Å². The van der Waals surface area contributed by atoms with Crippen LogP contribution in [0.4, 0.5) is 5.69 Å². The van der Waals surface area contributed by atoms with Gasteiger partial charge in [-0.1, -0.05) is 6.07 Å². The zero-order valence-electron chi connectivity index (χ0n) is 16.2. The highest BCUT2D eigenvalue weighted by atomic mass is 127. The van der Waals surface area contributed by atoms with Crippen molar-refractivity contribution in [2.75, 3.05) is 40.8 Å². The van der Waals surface area contributed by atoms with E-state index in [1.165, 1.54) is 0 Å². The van der Waals surface area contributed by atoms with Crippen molar-refractivity contribution in [1.82, 2.24) is 5.32 Å². The summed E-state index contributed by atoms with van der Waals surface area (Å²) in [4.78, 5) is 4.24. The zero-order valence-corrected chi connectivity index (χ0v) is 18.5. The number of ether oxygens (including phenoxy) is 4. The van der Waals surface area contributed by atoms with Gasteiger partial charge in [-0.3, -0.25) is 4.99 Å². The van der Waals surface area contributed by atoms with Gasteiger partial charge < -0.3 is 29.6 Å². The van der Waals surface area contributed by atoms with Crippen molar-refractivity contribution in [3.63, 3.8) is 0 Å². The number of rotatable bonds is 7. The summed E-state index contributed by atoms with van der Waals surface area (Å²) in [7, 11) is 8.16. The van der Waals surface area contributed by atoms with Crippen molar-refractivity contribution >= 4 is 35.6 Å². The highest BCUT2D eigenvalue weighted by Crippen LogP contribution is 2.30. The molecule has 0 spiro atoms. The minimum Gasteiger partial charge on any atom is -0.493 e. The van der Waals surface area contributed by atoms with E-state index in [0.29, 0.717) is 35.5 Å². The number of hydrogen-bond donors (Lipinski definition) is 2. The van der Waals surface area contributed by atoms with Gasteiger partial charge in [0.05, 0.1) is 28.4 Å². The van der Waals surface area contributed by atoms with Gasteiger partial charge in [0.25, 0.3) is 0 Å². The Hall–Kier alpha value is -2.36. The molecule has 0 fully saturated rings. The molecule has 0 aromatic heterocycles. The van der Waals surface area contributed by atoms with Gasteiger partial charge in [0.15, 0.2) is 29.0 Å². The van der Waals surface area contributed by atoms with Crippen molar-refractivity contribution < 1.29 is 18.9 Å². The minimum absolute atomic E-state index is 0. The Bertz CT molecular complexity index is 769. The second-order valence-corrected chi connectivity index (χ2v) is 5.31. The first-order valence-electron chi connectivity index (χ1n) is 8.05. The first-order valence-corrected chi connectivity index (χ1v) is 8.05. The Labute approximate surface area is 177 Å². The maximum absolute atomic E-state index is 5.33. The average Bonchev–Trinajstić information content (AvgIpc) is 2.70. The molecule has 0 radical (unpaired) electrons. The zero-order chi connectivity index (χ0) is 18.9. The van der Waals surface area contributed by atoms with Crippen molar-refractivity contribution in [3.05, 3.63) is 42.0 Å². The summed E-state index contributed by atoms with van der Waals surface area (Å²) in [5, 5.41) is 6.48. The molecule has 0 saturated heterocycles. The lowest BCUT2D eigenvalue weighted by molar-refractivity contribution is 0.354. The number of methoxy groups -OCH3 is 4. The van der Waals surface area contributed by atoms with Crippen LogP contribution in [-0.2, 0) is 6.54 Å². The van der Waals surface area contributed by atoms with Crippen molar-refractivity contribution in [3.8, 4) is 23.0 Å². The van der Waals surface area contributed by atoms with Crippen LogP contribution in [0.25, 0.3) is 0 Å². The lowest BCUT2D eigenvalue weighted by atomic mass is 10.2. The normalized spacial score (nSPS) is 10.5. The summed E-state index contributed by atoms with van der Waals surface area (Å²) in [5.41, 5.74) is 1.88. The molecule has 0 aliphatic heterocycles. The molecule has 27 heavy (non-hydrogen) atoms. The third-order valence-corrected chi connectivity index (χ3v) is 3.78. The largest absolute Gasteiger partial charge is 0.493 e. The first kappa shape index (κ1) is 22.7. The number of anilines is 1. The summed E-state index contributed by atoms with van der Waals surface area (Å²) in [6, 6.07) is 11.4. The number of nitrogens with one attached hydrogen (secondary N) is 2. The van der Waals surface area contributed by atoms with Gasteiger partial charge in [0, 0.05) is 25.3 Å². The predicted octanol–water partition coefficient (Wildman–Crippen LogP) is 3.53. The monoisotopic (exact) mass is 487 g/mol. The molecule has 0 atom stereocenters. The van der Waals surface area contributed by atoms with E-state index in [0.717, 1.165) is 11.3 Å². The van der Waals surface area contributed by atoms with E-state index in [1.54, 1.807) is 35.5 Å². The van der Waals surface area contributed by atoms with Gasteiger partial charge in [-0.15, -0.1) is 24.0 Å². The smallest absolute Gasteiger partial charge is 0.195 e. The molecule has 148 valence electrons. The van der Waals surface area contributed by atoms with E-state index in [2.05, 4.69) is 15.6 Å². The SMILES string of the molecule is CN=C(NCc1ccc(OC)c(OC)c1)Nc1ccc(OC)c(OC)c1.I. The quantitative estimate of drug-likeness (QED) is 0.354. The molecule has 2 rings (SSSR count). The maximum Gasteiger partial charge on any atom is 0.195 e. The van der Waals surface area contributed by atoms with Crippen LogP contribution in [-0.4, -0.2) is 41.4 Å². The number of benzene rings is 2. The third-order valence-electron chi connectivity index (χ3n) is 3.78. The molecule has 0 heterocycles. The van der Waals surface area contributed by atoms with Gasteiger partial charge in [0.1, 0.15) is 0 Å². The number of hydrogen-bond acceptors (Lipinski definition) is 5. The topological polar surface area (TPSA) is 73.3 Å². The van der Waals surface area contributed by atoms with Gasteiger partial charge in [-0.2, -0.15) is 0 Å². The van der Waals surface area contributed by atoms with Gasteiger partial charge in [-0.05, 0) is 29.8 Å². The van der Waals surface area contributed by atoms with E-state index in [4.69, 9.17) is 18.9 Å². The van der Waals surface area contributed by atoms with Crippen LogP contribution in [0.3, 0.4) is 0 Å². The second kappa shape index (κ2) is 11.4. The van der Waals surface area contributed by atoms with Crippen LogP contribution < -0.4 is 29.6 Å². The highest BCUT2D eigenvalue weighted by molar-refractivity contribution is 14.0. The Morgan fingerprint density at radius 1 is 0.815 bits per heavy atom. The maximum atomic E-state index is 5.33. The van der Waals surface area contributed by atoms with Crippen LogP contribution in [0, 0.1) is 0 Å². The van der Waals surface area contributed by atoms with Gasteiger partial charge in [-0.25, -0.2) is 0 Å². The van der Waals surface area contributed by atoms with Crippen molar-refractivity contribution in [2.24, 2.45) is 4.99 Å². The molecule has 0 aliphatic carbocycles. The van der Waals surface area contributed by atoms with Crippen molar-refractivity contribution in [1.29, 1.82) is 0 Å². The lowest BCUT2D eigenvalue weighted by Crippen LogP contribution is -2.30. The van der Waals surface area contributed by atoms with Crippen LogP contribution in [0.1, 0.15) is 5.56 Å².